The van der Waals surface area contributed by atoms with E-state index in [9.17, 15) is 9.59 Å². The van der Waals surface area contributed by atoms with Crippen LogP contribution in [0, 0.1) is 13.8 Å². The maximum atomic E-state index is 13.7. The number of nitrogens with one attached hydrogen (secondary N) is 2. The van der Waals surface area contributed by atoms with Crippen LogP contribution < -0.4 is 15.5 Å². The van der Waals surface area contributed by atoms with Crippen LogP contribution in [0.4, 0.5) is 21.9 Å². The molecule has 6 heteroatoms. The average Bonchev–Trinajstić information content (AvgIpc) is 2.97. The molecule has 0 aromatic heterocycles. The molecule has 0 saturated carbocycles. The minimum atomic E-state index is -0.329. The molecular formula is C29H25N3O2S. The van der Waals surface area contributed by atoms with Crippen molar-refractivity contribution in [1.82, 2.24) is 0 Å². The molecular weight excluding hydrogens is 454 g/mol. The van der Waals surface area contributed by atoms with E-state index >= 15 is 0 Å². The SMILES string of the molecule is Cc1cccc(NC(=O)Nc2ccc3c(c2)N(Cc2ccccc2)C(=O)c2ccccc2S3)c1C. The van der Waals surface area contributed by atoms with E-state index in [1.165, 1.54) is 0 Å². The first kappa shape index (κ1) is 22.7. The molecule has 5 nitrogen and oxygen atoms in total. The van der Waals surface area contributed by atoms with Crippen molar-refractivity contribution in [3.8, 4) is 0 Å². The molecule has 0 fully saturated rings. The van der Waals surface area contributed by atoms with Crippen molar-refractivity contribution in [1.29, 1.82) is 0 Å². The van der Waals surface area contributed by atoms with Gasteiger partial charge in [-0.2, -0.15) is 0 Å². The summed E-state index contributed by atoms with van der Waals surface area (Å²) in [7, 11) is 0. The fraction of sp³-hybridized carbons (Fsp3) is 0.103. The lowest BCUT2D eigenvalue weighted by Crippen LogP contribution is -2.30. The number of urea groups is 1. The number of nitrogens with zero attached hydrogens (tertiary/aromatic N) is 1. The molecule has 0 unspecified atom stereocenters. The molecule has 0 aliphatic carbocycles. The zero-order valence-electron chi connectivity index (χ0n) is 19.5. The second-order valence-corrected chi connectivity index (χ2v) is 9.57. The number of aryl methyl sites for hydroxylation is 1. The summed E-state index contributed by atoms with van der Waals surface area (Å²) in [5, 5.41) is 5.86. The van der Waals surface area contributed by atoms with Crippen molar-refractivity contribution in [2.45, 2.75) is 30.2 Å². The quantitative estimate of drug-likeness (QED) is 0.324. The number of rotatable bonds is 4. The van der Waals surface area contributed by atoms with Gasteiger partial charge in [-0.15, -0.1) is 0 Å². The highest BCUT2D eigenvalue weighted by molar-refractivity contribution is 7.99. The second kappa shape index (κ2) is 9.68. The summed E-state index contributed by atoms with van der Waals surface area (Å²) in [5.74, 6) is -0.0623. The van der Waals surface area contributed by atoms with Crippen LogP contribution in [-0.2, 0) is 6.54 Å². The van der Waals surface area contributed by atoms with Gasteiger partial charge >= 0.3 is 6.03 Å². The van der Waals surface area contributed by atoms with Crippen molar-refractivity contribution < 1.29 is 9.59 Å². The van der Waals surface area contributed by atoms with E-state index < -0.39 is 0 Å². The van der Waals surface area contributed by atoms with Gasteiger partial charge in [0.15, 0.2) is 0 Å². The third-order valence-electron chi connectivity index (χ3n) is 6.13. The number of carbonyl (C=O) groups excluding carboxylic acids is 2. The molecule has 3 amide bonds. The van der Waals surface area contributed by atoms with E-state index in [0.29, 0.717) is 17.8 Å². The van der Waals surface area contributed by atoms with Crippen LogP contribution in [-0.4, -0.2) is 11.9 Å². The Balaban J connectivity index is 1.47. The Morgan fingerprint density at radius 3 is 2.43 bits per heavy atom. The lowest BCUT2D eigenvalue weighted by atomic mass is 10.1. The van der Waals surface area contributed by atoms with Crippen LogP contribution >= 0.6 is 11.8 Å². The highest BCUT2D eigenvalue weighted by atomic mass is 32.2. The Hall–Kier alpha value is -4.03. The van der Waals surface area contributed by atoms with Crippen LogP contribution in [0.5, 0.6) is 0 Å². The first-order valence-electron chi connectivity index (χ1n) is 11.4. The lowest BCUT2D eigenvalue weighted by molar-refractivity contribution is 0.0982. The zero-order chi connectivity index (χ0) is 24.4. The maximum Gasteiger partial charge on any atom is 0.323 e. The van der Waals surface area contributed by atoms with E-state index in [2.05, 4.69) is 10.6 Å². The van der Waals surface area contributed by atoms with E-state index in [1.807, 2.05) is 105 Å². The highest BCUT2D eigenvalue weighted by Gasteiger charge is 2.27. The molecule has 0 saturated heterocycles. The number of anilines is 3. The van der Waals surface area contributed by atoms with E-state index in [-0.39, 0.29) is 11.9 Å². The van der Waals surface area contributed by atoms with Gasteiger partial charge in [0.1, 0.15) is 0 Å². The molecule has 4 aromatic rings. The number of hydrogen-bond acceptors (Lipinski definition) is 3. The second-order valence-electron chi connectivity index (χ2n) is 8.48. The molecule has 2 N–H and O–H groups in total. The molecule has 0 radical (unpaired) electrons. The normalized spacial score (nSPS) is 12.4. The number of amides is 3. The average molecular weight is 480 g/mol. The molecule has 0 atom stereocenters. The number of fused-ring (bicyclic) bond motifs is 2. The van der Waals surface area contributed by atoms with Gasteiger partial charge in [-0.1, -0.05) is 66.4 Å². The van der Waals surface area contributed by atoms with Gasteiger partial charge in [0.25, 0.3) is 5.91 Å². The molecule has 1 aliphatic rings. The predicted molar refractivity (Wildman–Crippen MR) is 143 cm³/mol. The Kier molecular flexibility index (Phi) is 6.29. The van der Waals surface area contributed by atoms with Crippen LogP contribution in [0.25, 0.3) is 0 Å². The molecule has 35 heavy (non-hydrogen) atoms. The van der Waals surface area contributed by atoms with Gasteiger partial charge in [0, 0.05) is 21.2 Å². The van der Waals surface area contributed by atoms with Crippen LogP contribution in [0.1, 0.15) is 27.0 Å². The minimum Gasteiger partial charge on any atom is -0.308 e. The summed E-state index contributed by atoms with van der Waals surface area (Å²) in [4.78, 5) is 30.1. The largest absolute Gasteiger partial charge is 0.323 e. The number of benzene rings is 4. The van der Waals surface area contributed by atoms with E-state index in [1.54, 1.807) is 16.7 Å². The third-order valence-corrected chi connectivity index (χ3v) is 7.27. The van der Waals surface area contributed by atoms with Gasteiger partial charge in [-0.3, -0.25) is 4.79 Å². The van der Waals surface area contributed by atoms with Gasteiger partial charge in [-0.25, -0.2) is 4.79 Å². The topological polar surface area (TPSA) is 61.4 Å². The summed E-state index contributed by atoms with van der Waals surface area (Å²) in [6.07, 6.45) is 0. The monoisotopic (exact) mass is 479 g/mol. The molecule has 174 valence electrons. The molecule has 0 spiro atoms. The van der Waals surface area contributed by atoms with Crippen molar-refractivity contribution in [2.24, 2.45) is 0 Å². The van der Waals surface area contributed by atoms with Crippen molar-refractivity contribution >= 4 is 40.8 Å². The maximum absolute atomic E-state index is 13.7. The number of carbonyl (C=O) groups is 2. The Morgan fingerprint density at radius 1 is 0.829 bits per heavy atom. The summed E-state index contributed by atoms with van der Waals surface area (Å²) in [6.45, 7) is 4.42. The van der Waals surface area contributed by atoms with E-state index in [0.717, 1.165) is 37.9 Å². The fourth-order valence-electron chi connectivity index (χ4n) is 4.09. The van der Waals surface area contributed by atoms with Crippen molar-refractivity contribution in [3.63, 3.8) is 0 Å². The smallest absolute Gasteiger partial charge is 0.308 e. The van der Waals surface area contributed by atoms with Gasteiger partial charge in [0.2, 0.25) is 0 Å². The predicted octanol–water partition coefficient (Wildman–Crippen LogP) is 7.26. The van der Waals surface area contributed by atoms with Gasteiger partial charge in [-0.05, 0) is 66.9 Å². The minimum absolute atomic E-state index is 0.0623. The summed E-state index contributed by atoms with van der Waals surface area (Å²) in [5.41, 5.74) is 5.99. The Morgan fingerprint density at radius 2 is 1.60 bits per heavy atom. The van der Waals surface area contributed by atoms with Crippen LogP contribution in [0.3, 0.4) is 0 Å². The van der Waals surface area contributed by atoms with Gasteiger partial charge < -0.3 is 15.5 Å². The van der Waals surface area contributed by atoms with Crippen LogP contribution in [0.2, 0.25) is 0 Å². The molecule has 0 bridgehead atoms. The van der Waals surface area contributed by atoms with E-state index in [4.69, 9.17) is 0 Å². The Bertz CT molecular complexity index is 1420. The first-order valence-corrected chi connectivity index (χ1v) is 12.2. The zero-order valence-corrected chi connectivity index (χ0v) is 20.4. The molecule has 5 rings (SSSR count). The van der Waals surface area contributed by atoms with Crippen molar-refractivity contribution in [3.05, 3.63) is 113 Å². The standard InChI is InChI=1S/C29H25N3O2S/c1-19-9-8-13-24(20(19)2)31-29(34)30-22-15-16-27-25(17-22)32(18-21-10-4-3-5-11-21)28(33)23-12-6-7-14-26(23)35-27/h3-17H,18H2,1-2H3,(H2,30,31,34). The summed E-state index contributed by atoms with van der Waals surface area (Å²) in [6, 6.07) is 28.8. The van der Waals surface area contributed by atoms with Crippen LogP contribution in [0.15, 0.2) is 101 Å². The van der Waals surface area contributed by atoms with Crippen molar-refractivity contribution in [2.75, 3.05) is 15.5 Å². The molecule has 4 aromatic carbocycles. The molecule has 1 heterocycles. The summed E-state index contributed by atoms with van der Waals surface area (Å²) >= 11 is 1.56. The molecule has 1 aliphatic heterocycles. The first-order chi connectivity index (χ1) is 17.0. The third kappa shape index (κ3) is 4.79. The summed E-state index contributed by atoms with van der Waals surface area (Å²) < 4.78 is 0. The number of hydrogen-bond donors (Lipinski definition) is 2. The fourth-order valence-corrected chi connectivity index (χ4v) is 5.15. The van der Waals surface area contributed by atoms with Gasteiger partial charge in [0.05, 0.1) is 17.8 Å². The lowest BCUT2D eigenvalue weighted by Gasteiger charge is -2.24. The highest BCUT2D eigenvalue weighted by Crippen LogP contribution is 2.43. The Labute approximate surface area is 209 Å².